The molecule has 0 bridgehead atoms. The number of benzene rings is 1. The Morgan fingerprint density at radius 1 is 1.22 bits per heavy atom. The second-order valence-electron chi connectivity index (χ2n) is 6.86. The molecular formula is C19H25N3O4S. The van der Waals surface area contributed by atoms with Crippen molar-refractivity contribution in [2.45, 2.75) is 23.8 Å². The lowest BCUT2D eigenvalue weighted by Gasteiger charge is -2.34. The molecule has 3 rings (SSSR count). The van der Waals surface area contributed by atoms with E-state index in [1.165, 1.54) is 23.9 Å². The van der Waals surface area contributed by atoms with E-state index >= 15 is 0 Å². The number of hydrogen-bond donors (Lipinski definition) is 2. The highest BCUT2D eigenvalue weighted by molar-refractivity contribution is 7.89. The zero-order chi connectivity index (χ0) is 19.6. The van der Waals surface area contributed by atoms with Crippen LogP contribution in [0.15, 0.2) is 47.5 Å². The molecule has 1 unspecified atom stereocenters. The van der Waals surface area contributed by atoms with E-state index in [-0.39, 0.29) is 16.7 Å². The predicted molar refractivity (Wildman–Crippen MR) is 102 cm³/mol. The summed E-state index contributed by atoms with van der Waals surface area (Å²) in [7, 11) is -0.589. The van der Waals surface area contributed by atoms with Crippen LogP contribution in [-0.2, 0) is 17.1 Å². The summed E-state index contributed by atoms with van der Waals surface area (Å²) >= 11 is 0. The summed E-state index contributed by atoms with van der Waals surface area (Å²) in [6, 6.07) is 11.0. The van der Waals surface area contributed by atoms with Crippen LogP contribution in [-0.4, -0.2) is 49.0 Å². The smallest absolute Gasteiger partial charge is 0.270 e. The number of rotatable bonds is 5. The van der Waals surface area contributed by atoms with E-state index in [0.717, 1.165) is 5.56 Å². The molecule has 1 atom stereocenters. The number of aryl methyl sites for hydroxylation is 1. The fourth-order valence-electron chi connectivity index (χ4n) is 3.51. The van der Waals surface area contributed by atoms with E-state index in [0.29, 0.717) is 31.6 Å². The van der Waals surface area contributed by atoms with Crippen LogP contribution < -0.4 is 4.72 Å². The zero-order valence-corrected chi connectivity index (χ0v) is 16.3. The SMILES string of the molecule is CNS(=O)(=O)c1cc(C(=O)N2CCC(C(O)c3ccccc3)CC2)n(C)c1. The molecule has 1 aromatic carbocycles. The van der Waals surface area contributed by atoms with E-state index < -0.39 is 16.1 Å². The first-order valence-corrected chi connectivity index (χ1v) is 10.4. The highest BCUT2D eigenvalue weighted by atomic mass is 32.2. The summed E-state index contributed by atoms with van der Waals surface area (Å²) in [5.74, 6) is -0.0900. The van der Waals surface area contributed by atoms with E-state index in [9.17, 15) is 18.3 Å². The number of likely N-dealkylation sites (tertiary alicyclic amines) is 1. The van der Waals surface area contributed by atoms with Crippen molar-refractivity contribution in [3.8, 4) is 0 Å². The molecule has 2 aromatic rings. The predicted octanol–water partition coefficient (Wildman–Crippen LogP) is 1.52. The fourth-order valence-corrected chi connectivity index (χ4v) is 4.31. The van der Waals surface area contributed by atoms with Crippen molar-refractivity contribution in [3.05, 3.63) is 53.9 Å². The molecule has 0 radical (unpaired) electrons. The van der Waals surface area contributed by atoms with Gasteiger partial charge in [-0.15, -0.1) is 0 Å². The molecule has 1 amide bonds. The number of piperidine rings is 1. The van der Waals surface area contributed by atoms with Crippen molar-refractivity contribution in [1.82, 2.24) is 14.2 Å². The molecule has 0 saturated carbocycles. The lowest BCUT2D eigenvalue weighted by atomic mass is 9.87. The first-order chi connectivity index (χ1) is 12.8. The Hall–Kier alpha value is -2.16. The number of carbonyl (C=O) groups excluding carboxylic acids is 1. The maximum absolute atomic E-state index is 12.8. The van der Waals surface area contributed by atoms with Crippen LogP contribution in [0.1, 0.15) is 35.0 Å². The summed E-state index contributed by atoms with van der Waals surface area (Å²) in [5.41, 5.74) is 1.23. The molecule has 27 heavy (non-hydrogen) atoms. The number of carbonyl (C=O) groups is 1. The van der Waals surface area contributed by atoms with Crippen molar-refractivity contribution in [3.63, 3.8) is 0 Å². The molecule has 1 aliphatic rings. The lowest BCUT2D eigenvalue weighted by molar-refractivity contribution is 0.0456. The molecular weight excluding hydrogens is 366 g/mol. The largest absolute Gasteiger partial charge is 0.388 e. The second-order valence-corrected chi connectivity index (χ2v) is 8.75. The van der Waals surface area contributed by atoms with Gasteiger partial charge >= 0.3 is 0 Å². The van der Waals surface area contributed by atoms with Crippen LogP contribution in [0, 0.1) is 5.92 Å². The molecule has 1 saturated heterocycles. The van der Waals surface area contributed by atoms with Crippen molar-refractivity contribution < 1.29 is 18.3 Å². The molecule has 8 heteroatoms. The van der Waals surface area contributed by atoms with Gasteiger partial charge in [0.1, 0.15) is 10.6 Å². The third kappa shape index (κ3) is 4.07. The molecule has 2 heterocycles. The van der Waals surface area contributed by atoms with E-state index in [1.807, 2.05) is 30.3 Å². The number of nitrogens with one attached hydrogen (secondary N) is 1. The van der Waals surface area contributed by atoms with Gasteiger partial charge in [-0.3, -0.25) is 4.79 Å². The van der Waals surface area contributed by atoms with Gasteiger partial charge in [0.05, 0.1) is 6.10 Å². The standard InChI is InChI=1S/C19H25N3O4S/c1-20-27(25,26)16-12-17(21(2)13-16)19(24)22-10-8-15(9-11-22)18(23)14-6-4-3-5-7-14/h3-7,12-13,15,18,20,23H,8-11H2,1-2H3. The van der Waals surface area contributed by atoms with E-state index in [2.05, 4.69) is 4.72 Å². The molecule has 7 nitrogen and oxygen atoms in total. The van der Waals surface area contributed by atoms with Crippen LogP contribution in [0.5, 0.6) is 0 Å². The van der Waals surface area contributed by atoms with Gasteiger partial charge in [-0.2, -0.15) is 0 Å². The van der Waals surface area contributed by atoms with Gasteiger partial charge < -0.3 is 14.6 Å². The Balaban J connectivity index is 1.67. The van der Waals surface area contributed by atoms with Gasteiger partial charge in [0, 0.05) is 26.3 Å². The molecule has 146 valence electrons. The summed E-state index contributed by atoms with van der Waals surface area (Å²) in [4.78, 5) is 14.6. The summed E-state index contributed by atoms with van der Waals surface area (Å²) in [6.45, 7) is 1.07. The van der Waals surface area contributed by atoms with Gasteiger partial charge in [0.2, 0.25) is 10.0 Å². The quantitative estimate of drug-likeness (QED) is 0.808. The zero-order valence-electron chi connectivity index (χ0n) is 15.5. The molecule has 2 N–H and O–H groups in total. The van der Waals surface area contributed by atoms with Crippen LogP contribution in [0.2, 0.25) is 0 Å². The molecule has 1 aromatic heterocycles. The highest BCUT2D eigenvalue weighted by Gasteiger charge is 2.30. The first kappa shape index (κ1) is 19.6. The van der Waals surface area contributed by atoms with Crippen LogP contribution in [0.25, 0.3) is 0 Å². The number of nitrogens with zero attached hydrogens (tertiary/aromatic N) is 2. The van der Waals surface area contributed by atoms with Crippen LogP contribution in [0.3, 0.4) is 0 Å². The van der Waals surface area contributed by atoms with E-state index in [4.69, 9.17) is 0 Å². The molecule has 1 fully saturated rings. The second kappa shape index (κ2) is 7.84. The van der Waals surface area contributed by atoms with Crippen molar-refractivity contribution in [1.29, 1.82) is 0 Å². The van der Waals surface area contributed by atoms with E-state index in [1.54, 1.807) is 11.9 Å². The normalized spacial score (nSPS) is 17.1. The average molecular weight is 391 g/mol. The summed E-state index contributed by atoms with van der Waals surface area (Å²) in [6.07, 6.45) is 2.30. The number of aromatic nitrogens is 1. The fraction of sp³-hybridized carbons (Fsp3) is 0.421. The summed E-state index contributed by atoms with van der Waals surface area (Å²) < 4.78 is 27.7. The van der Waals surface area contributed by atoms with Crippen molar-refractivity contribution in [2.24, 2.45) is 13.0 Å². The van der Waals surface area contributed by atoms with Crippen LogP contribution >= 0.6 is 0 Å². The van der Waals surface area contributed by atoms with Crippen LogP contribution in [0.4, 0.5) is 0 Å². The lowest BCUT2D eigenvalue weighted by Crippen LogP contribution is -2.40. The monoisotopic (exact) mass is 391 g/mol. The Kier molecular flexibility index (Phi) is 5.69. The van der Waals surface area contributed by atoms with Gasteiger partial charge in [0.15, 0.2) is 0 Å². The Morgan fingerprint density at radius 3 is 2.44 bits per heavy atom. The molecule has 1 aliphatic heterocycles. The number of amides is 1. The average Bonchev–Trinajstić information content (AvgIpc) is 3.10. The Labute approximate surface area is 159 Å². The van der Waals surface area contributed by atoms with Gasteiger partial charge in [-0.25, -0.2) is 13.1 Å². The van der Waals surface area contributed by atoms with Crippen molar-refractivity contribution in [2.75, 3.05) is 20.1 Å². The van der Waals surface area contributed by atoms with Gasteiger partial charge in [0.25, 0.3) is 5.91 Å². The minimum Gasteiger partial charge on any atom is -0.388 e. The Bertz CT molecular complexity index is 900. The molecule has 0 spiro atoms. The minimum absolute atomic E-state index is 0.0743. The Morgan fingerprint density at radius 2 is 1.85 bits per heavy atom. The third-order valence-corrected chi connectivity index (χ3v) is 6.57. The summed E-state index contributed by atoms with van der Waals surface area (Å²) in [5, 5.41) is 10.6. The van der Waals surface area contributed by atoms with Crippen molar-refractivity contribution >= 4 is 15.9 Å². The highest BCUT2D eigenvalue weighted by Crippen LogP contribution is 2.31. The topological polar surface area (TPSA) is 91.6 Å². The first-order valence-electron chi connectivity index (χ1n) is 8.95. The maximum Gasteiger partial charge on any atom is 0.270 e. The minimum atomic E-state index is -3.59. The maximum atomic E-state index is 12.8. The molecule has 0 aliphatic carbocycles. The number of sulfonamides is 1. The number of aliphatic hydroxyl groups is 1. The van der Waals surface area contributed by atoms with Gasteiger partial charge in [-0.05, 0) is 37.4 Å². The number of hydrogen-bond acceptors (Lipinski definition) is 4. The van der Waals surface area contributed by atoms with Gasteiger partial charge in [-0.1, -0.05) is 30.3 Å². The third-order valence-electron chi connectivity index (χ3n) is 5.19. The number of aliphatic hydroxyl groups excluding tert-OH is 1.